The molecule has 1 atom stereocenters. The Bertz CT molecular complexity index is 752. The summed E-state index contributed by atoms with van der Waals surface area (Å²) in [6.45, 7) is 1.93. The summed E-state index contributed by atoms with van der Waals surface area (Å²) < 4.78 is 7.05. The molecule has 0 aromatic heterocycles. The van der Waals surface area contributed by atoms with E-state index in [0.717, 1.165) is 21.3 Å². The van der Waals surface area contributed by atoms with E-state index in [9.17, 15) is 4.79 Å². The number of nitrogens with two attached hydrogens (primary N) is 1. The van der Waals surface area contributed by atoms with Crippen molar-refractivity contribution in [1.82, 2.24) is 5.43 Å². The highest BCUT2D eigenvalue weighted by molar-refractivity contribution is 9.11. The zero-order chi connectivity index (χ0) is 15.9. The first kappa shape index (κ1) is 15.5. The smallest absolute Gasteiger partial charge is 0.408 e. The zero-order valence-corrected chi connectivity index (χ0v) is 14.8. The molecule has 7 heteroatoms. The number of halogens is 2. The molecule has 0 bridgehead atoms. The van der Waals surface area contributed by atoms with Gasteiger partial charge in [-0.05, 0) is 46.6 Å². The highest BCUT2D eigenvalue weighted by Crippen LogP contribution is 2.42. The Labute approximate surface area is 144 Å². The van der Waals surface area contributed by atoms with Gasteiger partial charge in [0.2, 0.25) is 0 Å². The van der Waals surface area contributed by atoms with Crippen LogP contribution < -0.4 is 20.9 Å². The van der Waals surface area contributed by atoms with Crippen molar-refractivity contribution in [3.63, 3.8) is 0 Å². The molecular weight excluding hydrogens is 414 g/mol. The number of carbonyl (C=O) groups excluding carboxylic acids is 1. The monoisotopic (exact) mass is 425 g/mol. The summed E-state index contributed by atoms with van der Waals surface area (Å²) in [6, 6.07) is 11.3. The number of hydrogen-bond acceptors (Lipinski definition) is 4. The third kappa shape index (κ3) is 2.54. The van der Waals surface area contributed by atoms with Crippen LogP contribution in [-0.4, -0.2) is 6.09 Å². The second-order valence-electron chi connectivity index (χ2n) is 4.90. The van der Waals surface area contributed by atoms with Crippen molar-refractivity contribution in [1.29, 1.82) is 0 Å². The fraction of sp³-hybridized carbons (Fsp3) is 0.133. The summed E-state index contributed by atoms with van der Waals surface area (Å²) in [6.07, 6.45) is -1.00. The number of anilines is 1. The van der Waals surface area contributed by atoms with Crippen molar-refractivity contribution < 1.29 is 9.53 Å². The van der Waals surface area contributed by atoms with Gasteiger partial charge in [-0.15, -0.1) is 0 Å². The molecule has 114 valence electrons. The number of hydrazine groups is 1. The number of carbonyl (C=O) groups is 1. The Hall–Kier alpha value is -1.41. The maximum absolute atomic E-state index is 12.5. The third-order valence-electron chi connectivity index (χ3n) is 3.51. The van der Waals surface area contributed by atoms with Crippen molar-refractivity contribution in [2.45, 2.75) is 13.1 Å². The lowest BCUT2D eigenvalue weighted by Gasteiger charge is -2.36. The normalized spacial score (nSPS) is 17.2. The van der Waals surface area contributed by atoms with E-state index in [4.69, 9.17) is 10.6 Å². The molecule has 1 amide bonds. The number of amides is 1. The fourth-order valence-corrected chi connectivity index (χ4v) is 3.85. The van der Waals surface area contributed by atoms with Crippen LogP contribution in [0.1, 0.15) is 17.3 Å². The highest BCUT2D eigenvalue weighted by atomic mass is 79.9. The van der Waals surface area contributed by atoms with Crippen molar-refractivity contribution in [2.24, 2.45) is 5.84 Å². The average Bonchev–Trinajstić information content (AvgIpc) is 2.48. The quantitative estimate of drug-likeness (QED) is 0.562. The minimum absolute atomic E-state index is 0.473. The van der Waals surface area contributed by atoms with Crippen molar-refractivity contribution >= 4 is 43.6 Å². The van der Waals surface area contributed by atoms with Crippen molar-refractivity contribution in [2.75, 3.05) is 4.90 Å². The first-order valence-electron chi connectivity index (χ1n) is 6.54. The van der Waals surface area contributed by atoms with Crippen LogP contribution in [0.5, 0.6) is 5.75 Å². The summed E-state index contributed by atoms with van der Waals surface area (Å²) in [5, 5.41) is 0. The Morgan fingerprint density at radius 1 is 1.27 bits per heavy atom. The first-order valence-corrected chi connectivity index (χ1v) is 8.13. The standard InChI is InChI=1S/C15H13Br2N3O2/c1-8-4-2-3-5-12(8)20-14(19-18)10-6-9(16)7-11(17)13(10)22-15(20)21/h2-7,14,19H,18H2,1H3. The Morgan fingerprint density at radius 2 is 2.00 bits per heavy atom. The summed E-state index contributed by atoms with van der Waals surface area (Å²) in [5.41, 5.74) is 5.18. The molecule has 5 nitrogen and oxygen atoms in total. The van der Waals surface area contributed by atoms with E-state index >= 15 is 0 Å². The Balaban J connectivity index is 2.17. The lowest BCUT2D eigenvalue weighted by molar-refractivity contribution is 0.195. The van der Waals surface area contributed by atoms with Gasteiger partial charge in [0.1, 0.15) is 6.17 Å². The number of nitrogens with one attached hydrogen (secondary N) is 1. The molecule has 0 aliphatic carbocycles. The molecule has 0 fully saturated rings. The highest BCUT2D eigenvalue weighted by Gasteiger charge is 2.37. The molecule has 1 aliphatic rings. The van der Waals surface area contributed by atoms with Crippen molar-refractivity contribution in [3.05, 3.63) is 56.5 Å². The number of ether oxygens (including phenoxy) is 1. The van der Waals surface area contributed by atoms with Gasteiger partial charge < -0.3 is 4.74 Å². The number of fused-ring (bicyclic) bond motifs is 1. The average molecular weight is 427 g/mol. The van der Waals surface area contributed by atoms with Gasteiger partial charge in [0.15, 0.2) is 5.75 Å². The molecular formula is C15H13Br2N3O2. The minimum atomic E-state index is -0.522. The van der Waals surface area contributed by atoms with Gasteiger partial charge >= 0.3 is 6.09 Å². The van der Waals surface area contributed by atoms with E-state index < -0.39 is 12.3 Å². The number of para-hydroxylation sites is 1. The second kappa shape index (κ2) is 6.00. The first-order chi connectivity index (χ1) is 10.5. The van der Waals surface area contributed by atoms with Gasteiger partial charge in [0.05, 0.1) is 10.2 Å². The SMILES string of the molecule is Cc1ccccc1N1C(=O)Oc2c(Br)cc(Br)cc2C1NN. The largest absolute Gasteiger partial charge is 0.421 e. The maximum atomic E-state index is 12.5. The van der Waals surface area contributed by atoms with Gasteiger partial charge in [-0.2, -0.15) is 0 Å². The van der Waals surface area contributed by atoms with E-state index in [0.29, 0.717) is 10.2 Å². The van der Waals surface area contributed by atoms with Crippen LogP contribution in [0.25, 0.3) is 0 Å². The molecule has 2 aromatic rings. The lowest BCUT2D eigenvalue weighted by Crippen LogP contribution is -2.49. The summed E-state index contributed by atoms with van der Waals surface area (Å²) in [7, 11) is 0. The van der Waals surface area contributed by atoms with Crippen molar-refractivity contribution in [3.8, 4) is 5.75 Å². The van der Waals surface area contributed by atoms with Gasteiger partial charge in [-0.25, -0.2) is 10.2 Å². The Kier molecular flexibility index (Phi) is 4.22. The van der Waals surface area contributed by atoms with E-state index in [-0.39, 0.29) is 0 Å². The van der Waals surface area contributed by atoms with E-state index in [1.54, 1.807) is 0 Å². The minimum Gasteiger partial charge on any atom is -0.408 e. The molecule has 0 saturated carbocycles. The molecule has 1 heterocycles. The van der Waals surface area contributed by atoms with Crippen LogP contribution in [0.15, 0.2) is 45.3 Å². The number of nitrogens with zero attached hydrogens (tertiary/aromatic N) is 1. The number of rotatable bonds is 2. The number of hydrogen-bond donors (Lipinski definition) is 2. The summed E-state index contributed by atoms with van der Waals surface area (Å²) in [5.74, 6) is 6.20. The molecule has 1 unspecified atom stereocenters. The zero-order valence-electron chi connectivity index (χ0n) is 11.6. The lowest BCUT2D eigenvalue weighted by atomic mass is 10.1. The second-order valence-corrected chi connectivity index (χ2v) is 6.67. The van der Waals surface area contributed by atoms with E-state index in [2.05, 4.69) is 37.3 Å². The number of benzene rings is 2. The Morgan fingerprint density at radius 3 is 2.68 bits per heavy atom. The van der Waals surface area contributed by atoms with E-state index in [1.807, 2.05) is 43.3 Å². The molecule has 3 rings (SSSR count). The summed E-state index contributed by atoms with van der Waals surface area (Å²) in [4.78, 5) is 14.0. The van der Waals surface area contributed by atoms with Crippen LogP contribution in [0, 0.1) is 6.92 Å². The molecule has 1 aliphatic heterocycles. The van der Waals surface area contributed by atoms with E-state index in [1.165, 1.54) is 4.90 Å². The van der Waals surface area contributed by atoms with Gasteiger partial charge in [-0.1, -0.05) is 34.1 Å². The topological polar surface area (TPSA) is 67.6 Å². The van der Waals surface area contributed by atoms with Crippen LogP contribution in [0.4, 0.5) is 10.5 Å². The van der Waals surface area contributed by atoms with Crippen LogP contribution in [-0.2, 0) is 0 Å². The third-order valence-corrected chi connectivity index (χ3v) is 4.56. The molecule has 0 radical (unpaired) electrons. The van der Waals surface area contributed by atoms with Crippen LogP contribution in [0.3, 0.4) is 0 Å². The molecule has 22 heavy (non-hydrogen) atoms. The predicted molar refractivity (Wildman–Crippen MR) is 91.6 cm³/mol. The molecule has 0 spiro atoms. The fourth-order valence-electron chi connectivity index (χ4n) is 2.51. The molecule has 2 aromatic carbocycles. The number of aryl methyl sites for hydroxylation is 1. The summed E-state index contributed by atoms with van der Waals surface area (Å²) >= 11 is 6.86. The van der Waals surface area contributed by atoms with Crippen LogP contribution in [0.2, 0.25) is 0 Å². The maximum Gasteiger partial charge on any atom is 0.421 e. The van der Waals surface area contributed by atoms with Crippen LogP contribution >= 0.6 is 31.9 Å². The molecule has 0 saturated heterocycles. The predicted octanol–water partition coefficient (Wildman–Crippen LogP) is 4.00. The van der Waals surface area contributed by atoms with Gasteiger partial charge in [0.25, 0.3) is 0 Å². The van der Waals surface area contributed by atoms with Gasteiger partial charge in [0, 0.05) is 10.0 Å². The molecule has 3 N–H and O–H groups in total. The van der Waals surface area contributed by atoms with Gasteiger partial charge in [-0.3, -0.25) is 10.7 Å².